The van der Waals surface area contributed by atoms with E-state index in [2.05, 4.69) is 0 Å². The molecule has 1 atom stereocenters. The number of hydrogen-bond acceptors (Lipinski definition) is 3. The summed E-state index contributed by atoms with van der Waals surface area (Å²) in [5.74, 6) is -1.06. The summed E-state index contributed by atoms with van der Waals surface area (Å²) in [6.07, 6.45) is 3.58. The second kappa shape index (κ2) is 5.80. The second-order valence-electron chi connectivity index (χ2n) is 5.44. The predicted octanol–water partition coefficient (Wildman–Crippen LogP) is 1.89. The van der Waals surface area contributed by atoms with E-state index in [1.807, 2.05) is 6.07 Å². The van der Waals surface area contributed by atoms with Gasteiger partial charge in [-0.25, -0.2) is 0 Å². The van der Waals surface area contributed by atoms with Crippen molar-refractivity contribution in [1.29, 1.82) is 5.26 Å². The van der Waals surface area contributed by atoms with Crippen molar-refractivity contribution in [2.75, 3.05) is 13.1 Å². The summed E-state index contributed by atoms with van der Waals surface area (Å²) < 4.78 is 0. The number of benzene rings is 1. The molecule has 1 heterocycles. The van der Waals surface area contributed by atoms with Gasteiger partial charge in [0.25, 0.3) is 0 Å². The number of carboxylic acids is 1. The molecule has 0 bridgehead atoms. The number of carboxylic acid groups (broad SMARTS) is 1. The monoisotopic (exact) mass is 284 g/mol. The van der Waals surface area contributed by atoms with Gasteiger partial charge < -0.3 is 10.0 Å². The number of rotatable bonds is 3. The van der Waals surface area contributed by atoms with Crippen molar-refractivity contribution < 1.29 is 14.7 Å². The third-order valence-corrected chi connectivity index (χ3v) is 3.76. The molecule has 1 saturated heterocycles. The van der Waals surface area contributed by atoms with Crippen LogP contribution in [0.3, 0.4) is 0 Å². The van der Waals surface area contributed by atoms with Crippen LogP contribution < -0.4 is 0 Å². The molecule has 21 heavy (non-hydrogen) atoms. The zero-order valence-electron chi connectivity index (χ0n) is 11.7. The highest BCUT2D eigenvalue weighted by Crippen LogP contribution is 2.30. The quantitative estimate of drug-likeness (QED) is 0.859. The molecule has 0 aromatic heterocycles. The molecule has 1 aromatic carbocycles. The molecule has 108 valence electrons. The fourth-order valence-electron chi connectivity index (χ4n) is 2.27. The van der Waals surface area contributed by atoms with Crippen LogP contribution in [0.1, 0.15) is 24.5 Å². The van der Waals surface area contributed by atoms with Crippen LogP contribution in [0.25, 0.3) is 6.08 Å². The van der Waals surface area contributed by atoms with Crippen LogP contribution in [0.5, 0.6) is 0 Å². The molecular formula is C16H16N2O3. The summed E-state index contributed by atoms with van der Waals surface area (Å²) in [4.78, 5) is 24.7. The zero-order valence-corrected chi connectivity index (χ0v) is 11.7. The summed E-state index contributed by atoms with van der Waals surface area (Å²) >= 11 is 0. The summed E-state index contributed by atoms with van der Waals surface area (Å²) in [5, 5.41) is 17.9. The maximum absolute atomic E-state index is 12.0. The number of carbonyl (C=O) groups is 2. The zero-order chi connectivity index (χ0) is 15.5. The molecule has 5 nitrogen and oxygen atoms in total. The molecule has 1 fully saturated rings. The smallest absolute Gasteiger partial charge is 0.311 e. The predicted molar refractivity (Wildman–Crippen MR) is 77.1 cm³/mol. The number of nitrogens with zero attached hydrogens (tertiary/aromatic N) is 2. The second-order valence-corrected chi connectivity index (χ2v) is 5.44. The average Bonchev–Trinajstić information content (AvgIpc) is 2.89. The highest BCUT2D eigenvalue weighted by atomic mass is 16.4. The van der Waals surface area contributed by atoms with Crippen molar-refractivity contribution in [3.63, 3.8) is 0 Å². The largest absolute Gasteiger partial charge is 0.481 e. The van der Waals surface area contributed by atoms with E-state index in [1.165, 1.54) is 6.08 Å². The molecule has 0 saturated carbocycles. The first-order valence-electron chi connectivity index (χ1n) is 6.65. The summed E-state index contributed by atoms with van der Waals surface area (Å²) in [7, 11) is 0. The molecule has 2 rings (SSSR count). The fraction of sp³-hybridized carbons (Fsp3) is 0.312. The molecular weight excluding hydrogens is 268 g/mol. The van der Waals surface area contributed by atoms with Crippen molar-refractivity contribution in [2.45, 2.75) is 13.3 Å². The van der Waals surface area contributed by atoms with Crippen LogP contribution in [-0.4, -0.2) is 35.0 Å². The van der Waals surface area contributed by atoms with Crippen LogP contribution in [0.2, 0.25) is 0 Å². The minimum absolute atomic E-state index is 0.190. The van der Waals surface area contributed by atoms with E-state index < -0.39 is 11.4 Å². The van der Waals surface area contributed by atoms with Crippen molar-refractivity contribution in [2.24, 2.45) is 5.41 Å². The number of amides is 1. The van der Waals surface area contributed by atoms with Gasteiger partial charge in [0.2, 0.25) is 5.91 Å². The van der Waals surface area contributed by atoms with E-state index in [0.29, 0.717) is 18.5 Å². The molecule has 0 aliphatic carbocycles. The topological polar surface area (TPSA) is 81.4 Å². The van der Waals surface area contributed by atoms with Crippen molar-refractivity contribution in [1.82, 2.24) is 4.90 Å². The Kier molecular flexibility index (Phi) is 4.08. The summed E-state index contributed by atoms with van der Waals surface area (Å²) in [5.41, 5.74) is 0.538. The van der Waals surface area contributed by atoms with Gasteiger partial charge in [0.1, 0.15) is 0 Å². The van der Waals surface area contributed by atoms with Gasteiger partial charge in [-0.05, 0) is 37.1 Å². The van der Waals surface area contributed by atoms with Crippen LogP contribution in [0, 0.1) is 16.7 Å². The fourth-order valence-corrected chi connectivity index (χ4v) is 2.27. The Labute approximate surface area is 123 Å². The van der Waals surface area contributed by atoms with E-state index in [-0.39, 0.29) is 12.5 Å². The van der Waals surface area contributed by atoms with Gasteiger partial charge in [0.15, 0.2) is 0 Å². The van der Waals surface area contributed by atoms with Gasteiger partial charge in [0, 0.05) is 19.2 Å². The molecule has 0 spiro atoms. The SMILES string of the molecule is CC1(C(=O)O)CCN(C(=O)C=Cc2ccc(C#N)cc2)C1. The lowest BCUT2D eigenvalue weighted by atomic mass is 9.90. The van der Waals surface area contributed by atoms with E-state index in [1.54, 1.807) is 42.2 Å². The molecule has 0 radical (unpaired) electrons. The maximum atomic E-state index is 12.0. The first-order chi connectivity index (χ1) is 9.94. The number of carbonyl (C=O) groups excluding carboxylic acids is 1. The normalized spacial score (nSPS) is 21.4. The molecule has 1 aromatic rings. The van der Waals surface area contributed by atoms with E-state index in [9.17, 15) is 9.59 Å². The molecule has 1 N–H and O–H groups in total. The lowest BCUT2D eigenvalue weighted by Gasteiger charge is -2.18. The van der Waals surface area contributed by atoms with Crippen molar-refractivity contribution in [3.8, 4) is 6.07 Å². The maximum Gasteiger partial charge on any atom is 0.311 e. The Hall–Kier alpha value is -2.61. The van der Waals surface area contributed by atoms with Gasteiger partial charge in [-0.15, -0.1) is 0 Å². The van der Waals surface area contributed by atoms with Gasteiger partial charge >= 0.3 is 5.97 Å². The Morgan fingerprint density at radius 2 is 2.05 bits per heavy atom. The van der Waals surface area contributed by atoms with Crippen molar-refractivity contribution in [3.05, 3.63) is 41.5 Å². The Morgan fingerprint density at radius 3 is 2.57 bits per heavy atom. The Bertz CT molecular complexity index is 628. The molecule has 1 unspecified atom stereocenters. The molecule has 5 heteroatoms. The lowest BCUT2D eigenvalue weighted by molar-refractivity contribution is -0.147. The van der Waals surface area contributed by atoms with Gasteiger partial charge in [0.05, 0.1) is 17.0 Å². The third kappa shape index (κ3) is 3.29. The summed E-state index contributed by atoms with van der Waals surface area (Å²) in [6.45, 7) is 2.35. The van der Waals surface area contributed by atoms with E-state index >= 15 is 0 Å². The molecule has 1 amide bonds. The first-order valence-corrected chi connectivity index (χ1v) is 6.65. The number of hydrogen-bond donors (Lipinski definition) is 1. The van der Waals surface area contributed by atoms with E-state index in [4.69, 9.17) is 10.4 Å². The Balaban J connectivity index is 2.00. The van der Waals surface area contributed by atoms with Gasteiger partial charge in [-0.1, -0.05) is 12.1 Å². The number of nitriles is 1. The minimum Gasteiger partial charge on any atom is -0.481 e. The average molecular weight is 284 g/mol. The summed E-state index contributed by atoms with van der Waals surface area (Å²) in [6, 6.07) is 8.91. The number of likely N-dealkylation sites (tertiary alicyclic amines) is 1. The minimum atomic E-state index is -0.867. The van der Waals surface area contributed by atoms with Gasteiger partial charge in [-0.3, -0.25) is 9.59 Å². The van der Waals surface area contributed by atoms with Gasteiger partial charge in [-0.2, -0.15) is 5.26 Å². The number of aliphatic carboxylic acids is 1. The van der Waals surface area contributed by atoms with Crippen LogP contribution in [-0.2, 0) is 9.59 Å². The Morgan fingerprint density at radius 1 is 1.38 bits per heavy atom. The highest BCUT2D eigenvalue weighted by molar-refractivity contribution is 5.92. The van der Waals surface area contributed by atoms with E-state index in [0.717, 1.165) is 5.56 Å². The lowest BCUT2D eigenvalue weighted by Crippen LogP contribution is -2.34. The molecule has 1 aliphatic rings. The first kappa shape index (κ1) is 14.8. The van der Waals surface area contributed by atoms with Crippen LogP contribution >= 0.6 is 0 Å². The van der Waals surface area contributed by atoms with Crippen LogP contribution in [0.15, 0.2) is 30.3 Å². The van der Waals surface area contributed by atoms with Crippen LogP contribution in [0.4, 0.5) is 0 Å². The van der Waals surface area contributed by atoms with Crippen molar-refractivity contribution >= 4 is 18.0 Å². The standard InChI is InChI=1S/C16H16N2O3/c1-16(15(20)21)8-9-18(11-16)14(19)7-6-12-2-4-13(10-17)5-3-12/h2-7H,8-9,11H2,1H3,(H,20,21). The third-order valence-electron chi connectivity index (χ3n) is 3.76. The molecule has 1 aliphatic heterocycles. The highest BCUT2D eigenvalue weighted by Gasteiger charge is 2.41.